The molecule has 0 aliphatic carbocycles. The molecular weight excluding hydrogens is 380 g/mol. The van der Waals surface area contributed by atoms with E-state index in [1.54, 1.807) is 16.9 Å². The van der Waals surface area contributed by atoms with Crippen molar-refractivity contribution in [1.29, 1.82) is 0 Å². The van der Waals surface area contributed by atoms with E-state index < -0.39 is 0 Å². The van der Waals surface area contributed by atoms with E-state index in [-0.39, 0.29) is 0 Å². The van der Waals surface area contributed by atoms with Gasteiger partial charge in [0, 0.05) is 21.9 Å². The molecule has 4 aromatic rings. The minimum absolute atomic E-state index is 0.385. The molecule has 0 bridgehead atoms. The Kier molecular flexibility index (Phi) is 5.70. The molecule has 0 amide bonds. The lowest BCUT2D eigenvalue weighted by molar-refractivity contribution is -1.09. The van der Waals surface area contributed by atoms with Gasteiger partial charge in [-0.15, -0.1) is 0 Å². The predicted molar refractivity (Wildman–Crippen MR) is 125 cm³/mol. The van der Waals surface area contributed by atoms with Crippen molar-refractivity contribution < 1.29 is 14.5 Å². The van der Waals surface area contributed by atoms with Crippen LogP contribution < -0.4 is 14.5 Å². The number of benzene rings is 4. The van der Waals surface area contributed by atoms with Crippen molar-refractivity contribution in [2.45, 2.75) is 19.3 Å². The summed E-state index contributed by atoms with van der Waals surface area (Å²) in [7, 11) is 1.76. The first-order valence-electron chi connectivity index (χ1n) is 11.2. The number of fused-ring (bicyclic) bond motifs is 1. The Bertz CT molecular complexity index is 1090. The quantitative estimate of drug-likeness (QED) is 0.500. The van der Waals surface area contributed by atoms with Crippen LogP contribution in [0, 0.1) is 0 Å². The van der Waals surface area contributed by atoms with E-state index in [1.165, 1.54) is 40.6 Å². The maximum Gasteiger partial charge on any atom is 0.241 e. The minimum Gasteiger partial charge on any atom is -0.496 e. The molecule has 0 radical (unpaired) electrons. The van der Waals surface area contributed by atoms with Crippen LogP contribution in [0.2, 0.25) is 0 Å². The van der Waals surface area contributed by atoms with Crippen LogP contribution in [0.4, 0.5) is 0 Å². The molecule has 1 fully saturated rings. The largest absolute Gasteiger partial charge is 0.496 e. The Balaban J connectivity index is 1.56. The monoisotopic (exact) mass is 410 g/mol. The molecule has 0 spiro atoms. The molecule has 4 aromatic carbocycles. The van der Waals surface area contributed by atoms with Gasteiger partial charge in [0.25, 0.3) is 0 Å². The highest BCUT2D eigenvalue weighted by Gasteiger charge is 2.41. The van der Waals surface area contributed by atoms with Crippen LogP contribution in [0.25, 0.3) is 10.8 Å². The van der Waals surface area contributed by atoms with Crippen molar-refractivity contribution >= 4 is 10.8 Å². The Labute approximate surface area is 184 Å². The van der Waals surface area contributed by atoms with Gasteiger partial charge in [-0.25, -0.2) is 0 Å². The van der Waals surface area contributed by atoms with Gasteiger partial charge in [0.05, 0.1) is 12.7 Å². The lowest BCUT2D eigenvalue weighted by atomic mass is 10.00. The fourth-order valence-electron chi connectivity index (χ4n) is 5.16. The SMILES string of the molecule is COc1ccc(C2[NH+](Cc3ccccc3)CC[NH+]2Cc2ccccc2)c2ccccc12. The van der Waals surface area contributed by atoms with Gasteiger partial charge < -0.3 is 4.74 Å². The zero-order chi connectivity index (χ0) is 21.0. The molecule has 2 unspecified atom stereocenters. The Hall–Kier alpha value is -3.14. The van der Waals surface area contributed by atoms with Crippen molar-refractivity contribution in [3.63, 3.8) is 0 Å². The summed E-state index contributed by atoms with van der Waals surface area (Å²) in [5.74, 6) is 0.951. The van der Waals surface area contributed by atoms with Gasteiger partial charge in [0.1, 0.15) is 31.9 Å². The Morgan fingerprint density at radius 3 is 1.71 bits per heavy atom. The van der Waals surface area contributed by atoms with Crippen LogP contribution in [0.3, 0.4) is 0 Å². The number of ether oxygens (including phenoxy) is 1. The average molecular weight is 411 g/mol. The summed E-state index contributed by atoms with van der Waals surface area (Å²) in [6, 6.07) is 35.0. The van der Waals surface area contributed by atoms with Gasteiger partial charge in [-0.05, 0) is 12.1 Å². The zero-order valence-corrected chi connectivity index (χ0v) is 18.1. The second-order valence-corrected chi connectivity index (χ2v) is 8.48. The van der Waals surface area contributed by atoms with Crippen molar-refractivity contribution in [2.75, 3.05) is 20.2 Å². The van der Waals surface area contributed by atoms with Gasteiger partial charge >= 0.3 is 0 Å². The van der Waals surface area contributed by atoms with Crippen molar-refractivity contribution in [3.05, 3.63) is 114 Å². The summed E-state index contributed by atoms with van der Waals surface area (Å²) in [6.45, 7) is 4.43. The number of nitrogens with one attached hydrogen (secondary N) is 2. The van der Waals surface area contributed by atoms with Crippen molar-refractivity contribution in [2.24, 2.45) is 0 Å². The van der Waals surface area contributed by atoms with Crippen LogP contribution in [0.5, 0.6) is 5.75 Å². The fraction of sp³-hybridized carbons (Fsp3) is 0.214. The molecule has 3 heteroatoms. The maximum absolute atomic E-state index is 5.68. The van der Waals surface area contributed by atoms with Crippen molar-refractivity contribution in [3.8, 4) is 5.75 Å². The number of hydrogen-bond donors (Lipinski definition) is 2. The number of rotatable bonds is 6. The first-order chi connectivity index (χ1) is 15.3. The molecule has 1 heterocycles. The number of methoxy groups -OCH3 is 1. The molecule has 1 saturated heterocycles. The van der Waals surface area contributed by atoms with E-state index in [1.807, 2.05) is 0 Å². The first-order valence-corrected chi connectivity index (χ1v) is 11.2. The standard InChI is InChI=1S/C28H28N2O/c1-31-27-17-16-26(24-14-8-9-15-25(24)27)28-29(20-22-10-4-2-5-11-22)18-19-30(28)21-23-12-6-3-7-13-23/h2-17,28H,18-21H2,1H3/p+2. The first kappa shape index (κ1) is 19.8. The number of hydrogen-bond acceptors (Lipinski definition) is 1. The molecular formula is C28H30N2O+2. The van der Waals surface area contributed by atoms with Gasteiger partial charge in [-0.1, -0.05) is 84.9 Å². The number of quaternary nitrogens is 2. The van der Waals surface area contributed by atoms with Gasteiger partial charge in [-0.3, -0.25) is 9.80 Å². The fourth-order valence-corrected chi connectivity index (χ4v) is 5.16. The third kappa shape index (κ3) is 4.07. The highest BCUT2D eigenvalue weighted by atomic mass is 16.5. The van der Waals surface area contributed by atoms with Crippen LogP contribution in [0.15, 0.2) is 97.1 Å². The third-order valence-corrected chi connectivity index (χ3v) is 6.58. The molecule has 0 saturated carbocycles. The van der Waals surface area contributed by atoms with E-state index in [9.17, 15) is 0 Å². The Morgan fingerprint density at radius 1 is 0.645 bits per heavy atom. The lowest BCUT2D eigenvalue weighted by Gasteiger charge is -2.26. The van der Waals surface area contributed by atoms with Gasteiger partial charge in [-0.2, -0.15) is 0 Å². The second-order valence-electron chi connectivity index (χ2n) is 8.48. The normalized spacial score (nSPS) is 20.7. The van der Waals surface area contributed by atoms with Crippen LogP contribution in [0.1, 0.15) is 22.9 Å². The summed E-state index contributed by atoms with van der Waals surface area (Å²) in [5, 5.41) is 2.51. The summed E-state index contributed by atoms with van der Waals surface area (Å²) >= 11 is 0. The molecule has 2 atom stereocenters. The molecule has 31 heavy (non-hydrogen) atoms. The van der Waals surface area contributed by atoms with E-state index in [4.69, 9.17) is 4.74 Å². The third-order valence-electron chi connectivity index (χ3n) is 6.58. The predicted octanol–water partition coefficient (Wildman–Crippen LogP) is 3.03. The average Bonchev–Trinajstić information content (AvgIpc) is 3.21. The zero-order valence-electron chi connectivity index (χ0n) is 18.1. The topological polar surface area (TPSA) is 18.1 Å². The highest BCUT2D eigenvalue weighted by Crippen LogP contribution is 2.30. The van der Waals surface area contributed by atoms with E-state index >= 15 is 0 Å². The van der Waals surface area contributed by atoms with E-state index in [2.05, 4.69) is 97.1 Å². The minimum atomic E-state index is 0.385. The van der Waals surface area contributed by atoms with Gasteiger partial charge in [0.2, 0.25) is 6.17 Å². The van der Waals surface area contributed by atoms with E-state index in [0.717, 1.165) is 18.8 Å². The molecule has 3 nitrogen and oxygen atoms in total. The molecule has 156 valence electrons. The van der Waals surface area contributed by atoms with Crippen molar-refractivity contribution in [1.82, 2.24) is 0 Å². The van der Waals surface area contributed by atoms with Crippen LogP contribution >= 0.6 is 0 Å². The smallest absolute Gasteiger partial charge is 0.241 e. The molecule has 0 aromatic heterocycles. The molecule has 1 aliphatic heterocycles. The van der Waals surface area contributed by atoms with E-state index in [0.29, 0.717) is 6.17 Å². The molecule has 2 N–H and O–H groups in total. The summed E-state index contributed by atoms with van der Waals surface area (Å²) in [4.78, 5) is 3.26. The Morgan fingerprint density at radius 2 is 1.16 bits per heavy atom. The highest BCUT2D eigenvalue weighted by molar-refractivity contribution is 5.91. The van der Waals surface area contributed by atoms with Crippen LogP contribution in [-0.4, -0.2) is 20.2 Å². The summed E-state index contributed by atoms with van der Waals surface area (Å²) in [6.07, 6.45) is 0.385. The van der Waals surface area contributed by atoms with Crippen LogP contribution in [-0.2, 0) is 13.1 Å². The molecule has 5 rings (SSSR count). The summed E-state index contributed by atoms with van der Waals surface area (Å²) < 4.78 is 5.68. The summed E-state index contributed by atoms with van der Waals surface area (Å²) in [5.41, 5.74) is 4.23. The van der Waals surface area contributed by atoms with Gasteiger partial charge in [0.15, 0.2) is 0 Å². The lowest BCUT2D eigenvalue weighted by Crippen LogP contribution is -3.22. The molecule has 1 aliphatic rings. The maximum atomic E-state index is 5.68. The second kappa shape index (κ2) is 8.93.